The van der Waals surface area contributed by atoms with Crippen LogP contribution in [0, 0.1) is 0 Å². The minimum Gasteiger partial charge on any atom is -0.174 e. The Morgan fingerprint density at radius 3 is 2.56 bits per heavy atom. The first-order valence-electron chi connectivity index (χ1n) is 5.74. The lowest BCUT2D eigenvalue weighted by Gasteiger charge is -2.25. The number of thiol groups is 1. The summed E-state index contributed by atoms with van der Waals surface area (Å²) in [6.45, 7) is 2.29. The molecule has 0 spiro atoms. The van der Waals surface area contributed by atoms with Gasteiger partial charge in [0.1, 0.15) is 0 Å². The highest BCUT2D eigenvalue weighted by molar-refractivity contribution is 8.08. The molecule has 96 valence electrons. The second kappa shape index (κ2) is 9.65. The van der Waals surface area contributed by atoms with Crippen LogP contribution >= 0.6 is 59.7 Å². The van der Waals surface area contributed by atoms with Crippen LogP contribution in [0.5, 0.6) is 0 Å². The van der Waals surface area contributed by atoms with Crippen molar-refractivity contribution in [1.82, 2.24) is 0 Å². The van der Waals surface area contributed by atoms with Crippen LogP contribution < -0.4 is 0 Å². The van der Waals surface area contributed by atoms with Crippen molar-refractivity contribution in [3.63, 3.8) is 0 Å². The van der Waals surface area contributed by atoms with Crippen LogP contribution in [0.2, 0.25) is 0 Å². The maximum atomic E-state index is 4.69. The first-order chi connectivity index (χ1) is 7.76. The summed E-state index contributed by atoms with van der Waals surface area (Å²) in [5, 5.41) is 2.34. The summed E-state index contributed by atoms with van der Waals surface area (Å²) >= 11 is 13.0. The molecule has 0 aromatic heterocycles. The molecule has 0 aliphatic carbocycles. The number of hydrogen-bond acceptors (Lipinski definition) is 5. The molecule has 0 N–H and O–H groups in total. The van der Waals surface area contributed by atoms with Gasteiger partial charge < -0.3 is 0 Å². The van der Waals surface area contributed by atoms with E-state index >= 15 is 0 Å². The molecule has 0 radical (unpaired) electrons. The smallest absolute Gasteiger partial charge is 0.0229 e. The minimum atomic E-state index is 0.580. The van der Waals surface area contributed by atoms with Crippen molar-refractivity contribution < 1.29 is 0 Å². The molecule has 16 heavy (non-hydrogen) atoms. The lowest BCUT2D eigenvalue weighted by atomic mass is 10.4. The second-order valence-electron chi connectivity index (χ2n) is 3.97. The molecule has 0 amide bonds. The summed E-state index contributed by atoms with van der Waals surface area (Å²) in [5.74, 6) is 6.46. The van der Waals surface area contributed by atoms with E-state index in [-0.39, 0.29) is 0 Å². The fourth-order valence-corrected chi connectivity index (χ4v) is 6.62. The highest BCUT2D eigenvalue weighted by Crippen LogP contribution is 2.31. The Labute approximate surface area is 123 Å². The van der Waals surface area contributed by atoms with Crippen LogP contribution in [0.25, 0.3) is 0 Å². The van der Waals surface area contributed by atoms with Crippen LogP contribution in [0.4, 0.5) is 0 Å². The Bertz CT molecular complexity index is 172. The summed E-state index contributed by atoms with van der Waals surface area (Å²) < 4.78 is 0. The van der Waals surface area contributed by atoms with Gasteiger partial charge in [0.05, 0.1) is 0 Å². The molecule has 5 heteroatoms. The van der Waals surface area contributed by atoms with Gasteiger partial charge >= 0.3 is 0 Å². The first kappa shape index (κ1) is 15.8. The molecular weight excluding hydrogens is 292 g/mol. The topological polar surface area (TPSA) is 0 Å². The zero-order valence-electron chi connectivity index (χ0n) is 10.1. The number of hydrogen-bond donors (Lipinski definition) is 1. The fraction of sp³-hybridized carbons (Fsp3) is 1.00. The van der Waals surface area contributed by atoms with E-state index in [1.54, 1.807) is 0 Å². The monoisotopic (exact) mass is 314 g/mol. The maximum absolute atomic E-state index is 4.69. The molecule has 0 aromatic rings. The summed E-state index contributed by atoms with van der Waals surface area (Å²) in [6, 6.07) is 0. The van der Waals surface area contributed by atoms with Crippen molar-refractivity contribution >= 4 is 59.7 Å². The van der Waals surface area contributed by atoms with Crippen molar-refractivity contribution in [2.45, 2.75) is 29.1 Å². The average Bonchev–Trinajstić information content (AvgIpc) is 2.22. The number of rotatable bonds is 9. The van der Waals surface area contributed by atoms with Crippen molar-refractivity contribution in [1.29, 1.82) is 0 Å². The van der Waals surface area contributed by atoms with Crippen molar-refractivity contribution in [2.24, 2.45) is 0 Å². The summed E-state index contributed by atoms with van der Waals surface area (Å²) in [4.78, 5) is 0. The normalized spacial score (nSPS) is 20.4. The Morgan fingerprint density at radius 1 is 1.31 bits per heavy atom. The molecule has 0 saturated carbocycles. The Kier molecular flexibility index (Phi) is 9.53. The van der Waals surface area contributed by atoms with E-state index in [1.165, 1.54) is 35.2 Å². The zero-order chi connectivity index (χ0) is 11.8. The maximum Gasteiger partial charge on any atom is 0.0229 e. The molecule has 1 heterocycles. The molecule has 1 aliphatic rings. The predicted octanol–water partition coefficient (Wildman–Crippen LogP) is 4.01. The van der Waals surface area contributed by atoms with Gasteiger partial charge in [-0.05, 0) is 12.7 Å². The standard InChI is InChI=1S/C11H22S5/c1-3-10(6-13-2)15-4-9(12)5-16-11-7-14-8-11/h9-12H,3-8H2,1-2H3. The van der Waals surface area contributed by atoms with Gasteiger partial charge in [0.15, 0.2) is 0 Å². The van der Waals surface area contributed by atoms with Crippen molar-refractivity contribution in [3.05, 3.63) is 0 Å². The fourth-order valence-electron chi connectivity index (χ4n) is 1.32. The van der Waals surface area contributed by atoms with Crippen LogP contribution in [-0.4, -0.2) is 50.8 Å². The summed E-state index contributed by atoms with van der Waals surface area (Å²) in [7, 11) is 0. The largest absolute Gasteiger partial charge is 0.174 e. The molecule has 0 nitrogen and oxygen atoms in total. The third-order valence-corrected chi connectivity index (χ3v) is 8.93. The van der Waals surface area contributed by atoms with Gasteiger partial charge in [0.2, 0.25) is 0 Å². The third-order valence-electron chi connectivity index (χ3n) is 2.46. The average molecular weight is 315 g/mol. The Balaban J connectivity index is 2.00. The Hall–Kier alpha value is 1.75. The molecule has 1 saturated heterocycles. The second-order valence-corrected chi connectivity index (χ2v) is 9.35. The molecule has 1 rings (SSSR count). The highest BCUT2D eigenvalue weighted by Gasteiger charge is 2.19. The highest BCUT2D eigenvalue weighted by atomic mass is 32.2. The van der Waals surface area contributed by atoms with Crippen LogP contribution in [0.3, 0.4) is 0 Å². The zero-order valence-corrected chi connectivity index (χ0v) is 14.2. The van der Waals surface area contributed by atoms with Gasteiger partial charge in [-0.25, -0.2) is 0 Å². The molecular formula is C11H22S5. The summed E-state index contributed by atoms with van der Waals surface area (Å²) in [5.41, 5.74) is 0. The van der Waals surface area contributed by atoms with Crippen molar-refractivity contribution in [3.8, 4) is 0 Å². The molecule has 0 aromatic carbocycles. The van der Waals surface area contributed by atoms with Gasteiger partial charge in [-0.1, -0.05) is 6.92 Å². The molecule has 0 bridgehead atoms. The van der Waals surface area contributed by atoms with Gasteiger partial charge in [-0.15, -0.1) is 0 Å². The van der Waals surface area contributed by atoms with Gasteiger partial charge in [0.25, 0.3) is 0 Å². The van der Waals surface area contributed by atoms with Gasteiger partial charge in [-0.2, -0.15) is 59.7 Å². The van der Waals surface area contributed by atoms with Crippen LogP contribution in [0.15, 0.2) is 0 Å². The number of thioether (sulfide) groups is 4. The van der Waals surface area contributed by atoms with E-state index in [1.807, 2.05) is 11.8 Å². The quantitative estimate of drug-likeness (QED) is 0.638. The lowest BCUT2D eigenvalue weighted by Crippen LogP contribution is -2.23. The predicted molar refractivity (Wildman–Crippen MR) is 91.3 cm³/mol. The lowest BCUT2D eigenvalue weighted by molar-refractivity contribution is 0.914. The minimum absolute atomic E-state index is 0.580. The molecule has 1 aliphatic heterocycles. The third kappa shape index (κ3) is 6.62. The Morgan fingerprint density at radius 2 is 2.06 bits per heavy atom. The van der Waals surface area contributed by atoms with Crippen LogP contribution in [-0.2, 0) is 0 Å². The molecule has 1 fully saturated rings. The van der Waals surface area contributed by atoms with Crippen molar-refractivity contribution in [2.75, 3.05) is 35.0 Å². The summed E-state index contributed by atoms with van der Waals surface area (Å²) in [6.07, 6.45) is 3.49. The van der Waals surface area contributed by atoms with Crippen LogP contribution in [0.1, 0.15) is 13.3 Å². The van der Waals surface area contributed by atoms with E-state index in [4.69, 9.17) is 12.6 Å². The molecule has 2 unspecified atom stereocenters. The SMILES string of the molecule is CCC(CSC)SCC(S)CSC1CSC1. The van der Waals surface area contributed by atoms with E-state index < -0.39 is 0 Å². The van der Waals surface area contributed by atoms with Gasteiger partial charge in [-0.3, -0.25) is 0 Å². The van der Waals surface area contributed by atoms with E-state index in [0.717, 1.165) is 10.5 Å². The van der Waals surface area contributed by atoms with E-state index in [0.29, 0.717) is 5.25 Å². The van der Waals surface area contributed by atoms with E-state index in [9.17, 15) is 0 Å². The van der Waals surface area contributed by atoms with E-state index in [2.05, 4.69) is 48.5 Å². The first-order valence-corrected chi connectivity index (χ1v) is 10.9. The van der Waals surface area contributed by atoms with Gasteiger partial charge in [0, 0.05) is 44.5 Å². The molecule has 2 atom stereocenters.